The maximum atomic E-state index is 12.9. The number of morpholine rings is 1. The van der Waals surface area contributed by atoms with Crippen LogP contribution in [0.1, 0.15) is 17.7 Å². The minimum Gasteiger partial charge on any atom is -0.378 e. The number of anilines is 1. The van der Waals surface area contributed by atoms with Crippen molar-refractivity contribution in [3.8, 4) is 0 Å². The van der Waals surface area contributed by atoms with Crippen LogP contribution >= 0.6 is 0 Å². The van der Waals surface area contributed by atoms with E-state index in [1.807, 2.05) is 4.90 Å². The highest BCUT2D eigenvalue weighted by Gasteiger charge is 2.30. The summed E-state index contributed by atoms with van der Waals surface area (Å²) < 4.78 is 5.46. The Bertz CT molecular complexity index is 678. The molecular weight excluding hydrogens is 344 g/mol. The smallest absolute Gasteiger partial charge is 0.224 e. The van der Waals surface area contributed by atoms with E-state index in [9.17, 15) is 4.79 Å². The Morgan fingerprint density at radius 1 is 1.15 bits per heavy atom. The zero-order chi connectivity index (χ0) is 18.8. The number of hydrogen-bond acceptors (Lipinski definition) is 7. The van der Waals surface area contributed by atoms with Crippen LogP contribution in [0.2, 0.25) is 0 Å². The lowest BCUT2D eigenvalue weighted by atomic mass is 10.0. The van der Waals surface area contributed by atoms with E-state index >= 15 is 0 Å². The molecule has 3 aliphatic rings. The minimum absolute atomic E-state index is 0.235. The summed E-state index contributed by atoms with van der Waals surface area (Å²) in [6, 6.07) is 0.298. The first kappa shape index (κ1) is 18.6. The molecule has 1 aromatic heterocycles. The average molecular weight is 374 g/mol. The van der Waals surface area contributed by atoms with E-state index in [0.29, 0.717) is 19.0 Å². The van der Waals surface area contributed by atoms with Gasteiger partial charge in [0.25, 0.3) is 0 Å². The lowest BCUT2D eigenvalue weighted by Crippen LogP contribution is -2.52. The predicted molar refractivity (Wildman–Crippen MR) is 103 cm³/mol. The Morgan fingerprint density at radius 2 is 1.96 bits per heavy atom. The van der Waals surface area contributed by atoms with E-state index in [1.54, 1.807) is 6.33 Å². The first-order chi connectivity index (χ1) is 13.1. The molecule has 0 unspecified atom stereocenters. The number of amides is 1. The summed E-state index contributed by atoms with van der Waals surface area (Å²) in [4.78, 5) is 30.8. The fourth-order valence-corrected chi connectivity index (χ4v) is 4.25. The van der Waals surface area contributed by atoms with Gasteiger partial charge in [0.2, 0.25) is 5.91 Å². The van der Waals surface area contributed by atoms with Crippen LogP contribution in [-0.4, -0.2) is 103 Å². The van der Waals surface area contributed by atoms with Gasteiger partial charge in [-0.05, 0) is 20.5 Å². The molecule has 4 heterocycles. The molecule has 1 atom stereocenters. The Morgan fingerprint density at radius 3 is 2.78 bits per heavy atom. The van der Waals surface area contributed by atoms with Crippen LogP contribution < -0.4 is 4.90 Å². The summed E-state index contributed by atoms with van der Waals surface area (Å²) in [6.45, 7) is 7.62. The molecule has 4 rings (SSSR count). The molecule has 8 nitrogen and oxygen atoms in total. The molecule has 0 aliphatic carbocycles. The number of fused-ring (bicyclic) bond motifs is 1. The fourth-order valence-electron chi connectivity index (χ4n) is 4.25. The third-order valence-corrected chi connectivity index (χ3v) is 6.04. The zero-order valence-electron chi connectivity index (χ0n) is 16.4. The summed E-state index contributed by atoms with van der Waals surface area (Å²) in [6.07, 6.45) is 3.05. The molecule has 27 heavy (non-hydrogen) atoms. The first-order valence-corrected chi connectivity index (χ1v) is 9.94. The molecule has 8 heteroatoms. The normalized spacial score (nSPS) is 24.7. The predicted octanol–water partition coefficient (Wildman–Crippen LogP) is -0.166. The highest BCUT2D eigenvalue weighted by Crippen LogP contribution is 2.26. The minimum atomic E-state index is 0.235. The first-order valence-electron chi connectivity index (χ1n) is 9.94. The molecule has 0 aromatic carbocycles. The van der Waals surface area contributed by atoms with Gasteiger partial charge >= 0.3 is 0 Å². The summed E-state index contributed by atoms with van der Waals surface area (Å²) >= 11 is 0. The monoisotopic (exact) mass is 374 g/mol. The third-order valence-electron chi connectivity index (χ3n) is 6.04. The van der Waals surface area contributed by atoms with E-state index in [2.05, 4.69) is 38.8 Å². The number of hydrogen-bond donors (Lipinski definition) is 0. The van der Waals surface area contributed by atoms with E-state index in [0.717, 1.165) is 70.4 Å². The highest BCUT2D eigenvalue weighted by molar-refractivity contribution is 5.77. The number of carbonyl (C=O) groups is 1. The highest BCUT2D eigenvalue weighted by atomic mass is 16.5. The van der Waals surface area contributed by atoms with Gasteiger partial charge in [-0.2, -0.15) is 0 Å². The average Bonchev–Trinajstić information content (AvgIpc) is 2.70. The summed E-state index contributed by atoms with van der Waals surface area (Å²) in [5.74, 6) is 1.27. The number of nitrogens with zero attached hydrogens (tertiary/aromatic N) is 6. The molecule has 0 saturated carbocycles. The van der Waals surface area contributed by atoms with Crippen LogP contribution in [0.3, 0.4) is 0 Å². The number of likely N-dealkylation sites (N-methyl/N-ethyl adjacent to an activating group) is 2. The quantitative estimate of drug-likeness (QED) is 0.728. The van der Waals surface area contributed by atoms with Crippen LogP contribution in [0.15, 0.2) is 6.33 Å². The van der Waals surface area contributed by atoms with Gasteiger partial charge < -0.3 is 24.3 Å². The maximum Gasteiger partial charge on any atom is 0.224 e. The van der Waals surface area contributed by atoms with Crippen molar-refractivity contribution >= 4 is 11.7 Å². The standard InChI is InChI=1S/C19H30N6O2/c1-22-5-6-23(2)15(12-22)11-18(26)25-4-3-16-17(13-25)20-14-21-19(16)24-7-9-27-10-8-24/h14-15H,3-13H2,1-2H3/t15-/m0/s1. The number of rotatable bonds is 3. The molecule has 0 radical (unpaired) electrons. The molecule has 0 N–H and O–H groups in total. The molecule has 148 valence electrons. The van der Waals surface area contributed by atoms with E-state index in [-0.39, 0.29) is 5.91 Å². The number of piperazine rings is 1. The fraction of sp³-hybridized carbons (Fsp3) is 0.737. The van der Waals surface area contributed by atoms with Gasteiger partial charge in [-0.25, -0.2) is 9.97 Å². The SMILES string of the molecule is CN1CCN(C)[C@@H](CC(=O)N2CCc3c(ncnc3N3CCOCC3)C2)C1. The Hall–Kier alpha value is -1.77. The van der Waals surface area contributed by atoms with Crippen molar-refractivity contribution in [3.63, 3.8) is 0 Å². The largest absolute Gasteiger partial charge is 0.378 e. The van der Waals surface area contributed by atoms with Crippen molar-refractivity contribution in [3.05, 3.63) is 17.6 Å². The summed E-state index contributed by atoms with van der Waals surface area (Å²) in [7, 11) is 4.25. The Balaban J connectivity index is 1.43. The van der Waals surface area contributed by atoms with Gasteiger partial charge in [0.15, 0.2) is 0 Å². The van der Waals surface area contributed by atoms with Crippen molar-refractivity contribution in [1.29, 1.82) is 0 Å². The summed E-state index contributed by atoms with van der Waals surface area (Å²) in [5.41, 5.74) is 2.21. The van der Waals surface area contributed by atoms with Gasteiger partial charge in [0.05, 0.1) is 25.5 Å². The van der Waals surface area contributed by atoms with Crippen molar-refractivity contribution < 1.29 is 9.53 Å². The third kappa shape index (κ3) is 4.07. The second kappa shape index (κ2) is 8.08. The van der Waals surface area contributed by atoms with Gasteiger partial charge in [-0.15, -0.1) is 0 Å². The molecule has 0 bridgehead atoms. The number of ether oxygens (including phenoxy) is 1. The molecular formula is C19H30N6O2. The molecule has 3 aliphatic heterocycles. The van der Waals surface area contributed by atoms with Crippen LogP contribution in [0.25, 0.3) is 0 Å². The van der Waals surface area contributed by atoms with Crippen LogP contribution in [-0.2, 0) is 22.5 Å². The number of aromatic nitrogens is 2. The molecule has 1 aromatic rings. The van der Waals surface area contributed by atoms with Crippen LogP contribution in [0.5, 0.6) is 0 Å². The Kier molecular flexibility index (Phi) is 5.56. The maximum absolute atomic E-state index is 12.9. The molecule has 0 spiro atoms. The van der Waals surface area contributed by atoms with E-state index in [4.69, 9.17) is 4.74 Å². The summed E-state index contributed by atoms with van der Waals surface area (Å²) in [5, 5.41) is 0. The van der Waals surface area contributed by atoms with Crippen molar-refractivity contribution in [2.45, 2.75) is 25.4 Å². The van der Waals surface area contributed by atoms with E-state index in [1.165, 1.54) is 5.56 Å². The van der Waals surface area contributed by atoms with Gasteiger partial charge in [0, 0.05) is 57.3 Å². The van der Waals surface area contributed by atoms with Crippen LogP contribution in [0, 0.1) is 0 Å². The topological polar surface area (TPSA) is 65.0 Å². The molecule has 2 fully saturated rings. The molecule has 1 amide bonds. The number of carbonyl (C=O) groups excluding carboxylic acids is 1. The van der Waals surface area contributed by atoms with Crippen LogP contribution in [0.4, 0.5) is 5.82 Å². The van der Waals surface area contributed by atoms with Gasteiger partial charge in [-0.1, -0.05) is 0 Å². The Labute approximate surface area is 161 Å². The lowest BCUT2D eigenvalue weighted by Gasteiger charge is -2.39. The van der Waals surface area contributed by atoms with E-state index < -0.39 is 0 Å². The van der Waals surface area contributed by atoms with Crippen molar-refractivity contribution in [1.82, 2.24) is 24.7 Å². The van der Waals surface area contributed by atoms with Gasteiger partial charge in [-0.3, -0.25) is 4.79 Å². The second-order valence-electron chi connectivity index (χ2n) is 7.89. The van der Waals surface area contributed by atoms with Crippen molar-refractivity contribution in [2.24, 2.45) is 0 Å². The second-order valence-corrected chi connectivity index (χ2v) is 7.89. The van der Waals surface area contributed by atoms with Crippen molar-refractivity contribution in [2.75, 3.05) is 71.5 Å². The lowest BCUT2D eigenvalue weighted by molar-refractivity contribution is -0.134. The molecule has 2 saturated heterocycles. The zero-order valence-corrected chi connectivity index (χ0v) is 16.4. The van der Waals surface area contributed by atoms with Gasteiger partial charge in [0.1, 0.15) is 12.1 Å².